The van der Waals surface area contributed by atoms with Crippen molar-refractivity contribution in [2.45, 2.75) is 26.8 Å². The third kappa shape index (κ3) is 6.53. The van der Waals surface area contributed by atoms with E-state index in [0.717, 1.165) is 31.8 Å². The lowest BCUT2D eigenvalue weighted by molar-refractivity contribution is 0.136. The summed E-state index contributed by atoms with van der Waals surface area (Å²) < 4.78 is 5.19. The maximum absolute atomic E-state index is 8.78. The van der Waals surface area contributed by atoms with Gasteiger partial charge in [-0.15, -0.1) is 11.3 Å². The predicted octanol–water partition coefficient (Wildman–Crippen LogP) is 2.59. The van der Waals surface area contributed by atoms with Crippen LogP contribution < -0.4 is 0 Å². The second-order valence-corrected chi connectivity index (χ2v) is 6.16. The van der Waals surface area contributed by atoms with E-state index in [2.05, 4.69) is 42.0 Å². The monoisotopic (exact) mass is 295 g/mol. The number of ether oxygens (including phenoxy) is 1. The van der Waals surface area contributed by atoms with E-state index in [0.29, 0.717) is 12.3 Å². The van der Waals surface area contributed by atoms with E-state index in [4.69, 9.17) is 9.84 Å². The van der Waals surface area contributed by atoms with Crippen LogP contribution in [0.4, 0.5) is 0 Å². The van der Waals surface area contributed by atoms with Gasteiger partial charge in [0.15, 0.2) is 0 Å². The summed E-state index contributed by atoms with van der Waals surface area (Å²) in [6.45, 7) is 8.26. The van der Waals surface area contributed by atoms with Crippen molar-refractivity contribution < 1.29 is 9.84 Å². The molecule has 0 atom stereocenters. The molecule has 0 spiro atoms. The summed E-state index contributed by atoms with van der Waals surface area (Å²) in [5.74, 6) is 6.78. The summed E-state index contributed by atoms with van der Waals surface area (Å²) in [6, 6.07) is 2.06. The maximum atomic E-state index is 8.78. The molecule has 20 heavy (non-hydrogen) atoms. The third-order valence-electron chi connectivity index (χ3n) is 2.81. The Morgan fingerprint density at radius 1 is 1.45 bits per heavy atom. The smallest absolute Gasteiger partial charge is 0.0589 e. The Labute approximate surface area is 126 Å². The van der Waals surface area contributed by atoms with Gasteiger partial charge in [-0.2, -0.15) is 0 Å². The molecule has 0 aliphatic rings. The van der Waals surface area contributed by atoms with Crippen LogP contribution >= 0.6 is 11.3 Å². The van der Waals surface area contributed by atoms with Crippen LogP contribution in [-0.2, 0) is 11.3 Å². The van der Waals surface area contributed by atoms with Crippen LogP contribution in [0.3, 0.4) is 0 Å². The van der Waals surface area contributed by atoms with E-state index in [-0.39, 0.29) is 6.61 Å². The zero-order valence-corrected chi connectivity index (χ0v) is 13.5. The molecule has 0 saturated carbocycles. The average molecular weight is 295 g/mol. The number of hydrogen-bond donors (Lipinski definition) is 1. The molecule has 1 aromatic rings. The summed E-state index contributed by atoms with van der Waals surface area (Å²) in [5.41, 5.74) is 1.09. The van der Waals surface area contributed by atoms with Crippen LogP contribution in [0.5, 0.6) is 0 Å². The third-order valence-corrected chi connectivity index (χ3v) is 3.71. The molecule has 1 rings (SSSR count). The molecule has 1 heterocycles. The maximum Gasteiger partial charge on any atom is 0.0589 e. The molecule has 0 aromatic carbocycles. The van der Waals surface area contributed by atoms with Gasteiger partial charge in [0.1, 0.15) is 0 Å². The molecule has 0 amide bonds. The molecule has 0 bridgehead atoms. The van der Waals surface area contributed by atoms with Gasteiger partial charge in [-0.3, -0.25) is 4.90 Å². The van der Waals surface area contributed by atoms with E-state index < -0.39 is 0 Å². The van der Waals surface area contributed by atoms with Gasteiger partial charge in [-0.1, -0.05) is 25.7 Å². The van der Waals surface area contributed by atoms with Gasteiger partial charge >= 0.3 is 0 Å². The van der Waals surface area contributed by atoms with Crippen molar-refractivity contribution in [3.8, 4) is 11.8 Å². The van der Waals surface area contributed by atoms with Crippen LogP contribution in [0.1, 0.15) is 30.7 Å². The first kappa shape index (κ1) is 17.2. The fourth-order valence-electron chi connectivity index (χ4n) is 1.96. The van der Waals surface area contributed by atoms with Gasteiger partial charge in [0.25, 0.3) is 0 Å². The van der Waals surface area contributed by atoms with Crippen molar-refractivity contribution in [1.82, 2.24) is 4.90 Å². The average Bonchev–Trinajstić information content (AvgIpc) is 2.83. The van der Waals surface area contributed by atoms with E-state index in [1.54, 1.807) is 18.4 Å². The van der Waals surface area contributed by atoms with Gasteiger partial charge in [0.05, 0.1) is 13.2 Å². The van der Waals surface area contributed by atoms with Crippen molar-refractivity contribution in [3.05, 3.63) is 21.9 Å². The molecule has 4 heteroatoms. The highest BCUT2D eigenvalue weighted by Crippen LogP contribution is 2.18. The molecule has 0 aliphatic carbocycles. The SMILES string of the molecule is COCCN(Cc1sccc1C#CCCO)CC(C)C. The highest BCUT2D eigenvalue weighted by molar-refractivity contribution is 7.10. The Morgan fingerprint density at radius 3 is 2.90 bits per heavy atom. The minimum atomic E-state index is 0.125. The predicted molar refractivity (Wildman–Crippen MR) is 84.9 cm³/mol. The number of aliphatic hydroxyl groups is 1. The highest BCUT2D eigenvalue weighted by atomic mass is 32.1. The fourth-order valence-corrected chi connectivity index (χ4v) is 2.83. The molecule has 0 saturated heterocycles. The first-order valence-corrected chi connectivity index (χ1v) is 7.92. The van der Waals surface area contributed by atoms with Crippen molar-refractivity contribution in [2.24, 2.45) is 5.92 Å². The van der Waals surface area contributed by atoms with Crippen molar-refractivity contribution in [2.75, 3.05) is 33.4 Å². The Balaban J connectivity index is 2.68. The summed E-state index contributed by atoms with van der Waals surface area (Å²) in [6.07, 6.45) is 0.536. The summed E-state index contributed by atoms with van der Waals surface area (Å²) >= 11 is 1.75. The van der Waals surface area contributed by atoms with Crippen molar-refractivity contribution in [1.29, 1.82) is 0 Å². The largest absolute Gasteiger partial charge is 0.395 e. The van der Waals surface area contributed by atoms with E-state index in [1.807, 2.05) is 0 Å². The zero-order chi connectivity index (χ0) is 14.8. The van der Waals surface area contributed by atoms with E-state index in [9.17, 15) is 0 Å². The molecule has 0 radical (unpaired) electrons. The molecule has 1 N–H and O–H groups in total. The number of methoxy groups -OCH3 is 1. The lowest BCUT2D eigenvalue weighted by Crippen LogP contribution is -2.30. The summed E-state index contributed by atoms with van der Waals surface area (Å²) in [5, 5.41) is 10.9. The molecule has 112 valence electrons. The second kappa shape index (κ2) is 9.95. The van der Waals surface area contributed by atoms with Gasteiger partial charge in [-0.05, 0) is 17.4 Å². The molecule has 0 unspecified atom stereocenters. The number of hydrogen-bond acceptors (Lipinski definition) is 4. The minimum absolute atomic E-state index is 0.125. The van der Waals surface area contributed by atoms with Crippen molar-refractivity contribution in [3.63, 3.8) is 0 Å². The standard InChI is InChI=1S/C16H25NO2S/c1-14(2)12-17(8-10-19-3)13-16-15(7-11-20-16)6-4-5-9-18/h7,11,14,18H,5,8-10,12-13H2,1-3H3. The number of nitrogens with zero attached hydrogens (tertiary/aromatic N) is 1. The Bertz CT molecular complexity index is 431. The van der Waals surface area contributed by atoms with Crippen LogP contribution in [0.25, 0.3) is 0 Å². The van der Waals surface area contributed by atoms with Crippen LogP contribution in [0.2, 0.25) is 0 Å². The Kier molecular flexibility index (Phi) is 8.56. The first-order valence-electron chi connectivity index (χ1n) is 7.04. The van der Waals surface area contributed by atoms with E-state index in [1.165, 1.54) is 4.88 Å². The van der Waals surface area contributed by atoms with Gasteiger partial charge in [0.2, 0.25) is 0 Å². The van der Waals surface area contributed by atoms with Crippen molar-refractivity contribution >= 4 is 11.3 Å². The number of rotatable bonds is 8. The first-order chi connectivity index (χ1) is 9.67. The van der Waals surface area contributed by atoms with Gasteiger partial charge < -0.3 is 9.84 Å². The molecular formula is C16H25NO2S. The molecular weight excluding hydrogens is 270 g/mol. The summed E-state index contributed by atoms with van der Waals surface area (Å²) in [4.78, 5) is 3.71. The van der Waals surface area contributed by atoms with E-state index >= 15 is 0 Å². The summed E-state index contributed by atoms with van der Waals surface area (Å²) in [7, 11) is 1.74. The molecule has 0 fully saturated rings. The molecule has 1 aromatic heterocycles. The Morgan fingerprint density at radius 2 is 2.25 bits per heavy atom. The second-order valence-electron chi connectivity index (χ2n) is 5.15. The quantitative estimate of drug-likeness (QED) is 0.748. The fraction of sp³-hybridized carbons (Fsp3) is 0.625. The molecule has 3 nitrogen and oxygen atoms in total. The lowest BCUT2D eigenvalue weighted by atomic mass is 10.2. The van der Waals surface area contributed by atoms with Crippen LogP contribution in [0.15, 0.2) is 11.4 Å². The number of aliphatic hydroxyl groups excluding tert-OH is 1. The molecule has 0 aliphatic heterocycles. The highest BCUT2D eigenvalue weighted by Gasteiger charge is 2.11. The minimum Gasteiger partial charge on any atom is -0.395 e. The lowest BCUT2D eigenvalue weighted by Gasteiger charge is -2.23. The van der Waals surface area contributed by atoms with Gasteiger partial charge in [-0.25, -0.2) is 0 Å². The Hall–Kier alpha value is -0.860. The normalized spacial score (nSPS) is 10.9. The van der Waals surface area contributed by atoms with Crippen LogP contribution in [-0.4, -0.2) is 43.4 Å². The van der Waals surface area contributed by atoms with Crippen LogP contribution in [0, 0.1) is 17.8 Å². The number of thiophene rings is 1. The zero-order valence-electron chi connectivity index (χ0n) is 12.7. The van der Waals surface area contributed by atoms with Gasteiger partial charge in [0, 0.05) is 43.6 Å². The topological polar surface area (TPSA) is 32.7 Å².